The van der Waals surface area contributed by atoms with Gasteiger partial charge in [0.25, 0.3) is 5.56 Å². The summed E-state index contributed by atoms with van der Waals surface area (Å²) in [5, 5.41) is 2.91. The van der Waals surface area contributed by atoms with Crippen LogP contribution in [0.3, 0.4) is 0 Å². The Morgan fingerprint density at radius 1 is 1.11 bits per heavy atom. The Morgan fingerprint density at radius 3 is 2.57 bits per heavy atom. The van der Waals surface area contributed by atoms with E-state index in [4.69, 9.17) is 4.74 Å². The molecule has 0 unspecified atom stereocenters. The number of carbonyl (C=O) groups excluding carboxylic acids is 1. The van der Waals surface area contributed by atoms with Crippen LogP contribution in [0.1, 0.15) is 65.4 Å². The third kappa shape index (κ3) is 6.45. The van der Waals surface area contributed by atoms with Gasteiger partial charge in [0, 0.05) is 36.1 Å². The molecule has 0 bridgehead atoms. The molecule has 2 atom stereocenters. The SMILES string of the molecule is COc1cccc(-c2cn3cc(CCCCN4[C@@H](C)CCC[C@@H]4C)cc3c(=O)n2CC(=O)NC(C)C)c1. The monoisotopic (exact) mass is 506 g/mol. The van der Waals surface area contributed by atoms with Gasteiger partial charge in [-0.3, -0.25) is 19.1 Å². The average Bonchev–Trinajstić information content (AvgIpc) is 3.27. The first-order chi connectivity index (χ1) is 17.8. The van der Waals surface area contributed by atoms with Crippen molar-refractivity contribution in [3.05, 3.63) is 58.6 Å². The number of nitrogens with zero attached hydrogens (tertiary/aromatic N) is 3. The fourth-order valence-corrected chi connectivity index (χ4v) is 5.62. The number of hydrogen-bond donors (Lipinski definition) is 1. The summed E-state index contributed by atoms with van der Waals surface area (Å²) in [7, 11) is 1.62. The van der Waals surface area contributed by atoms with Gasteiger partial charge in [-0.2, -0.15) is 0 Å². The van der Waals surface area contributed by atoms with Crippen LogP contribution in [0.2, 0.25) is 0 Å². The molecule has 3 aromatic rings. The molecule has 1 aliphatic heterocycles. The zero-order valence-corrected chi connectivity index (χ0v) is 23.0. The van der Waals surface area contributed by atoms with Gasteiger partial charge >= 0.3 is 0 Å². The molecule has 1 aromatic carbocycles. The summed E-state index contributed by atoms with van der Waals surface area (Å²) < 4.78 is 8.90. The second-order valence-corrected chi connectivity index (χ2v) is 10.8. The van der Waals surface area contributed by atoms with Crippen molar-refractivity contribution in [1.82, 2.24) is 19.2 Å². The first-order valence-electron chi connectivity index (χ1n) is 13.7. The third-order valence-corrected chi connectivity index (χ3v) is 7.55. The number of piperidine rings is 1. The predicted octanol–water partition coefficient (Wildman–Crippen LogP) is 4.89. The molecular weight excluding hydrogens is 464 g/mol. The van der Waals surface area contributed by atoms with Crippen molar-refractivity contribution in [2.45, 2.75) is 90.9 Å². The molecule has 0 spiro atoms. The number of rotatable bonds is 10. The summed E-state index contributed by atoms with van der Waals surface area (Å²) in [4.78, 5) is 29.0. The van der Waals surface area contributed by atoms with Crippen molar-refractivity contribution in [2.24, 2.45) is 0 Å². The largest absolute Gasteiger partial charge is 0.497 e. The number of unbranched alkanes of at least 4 members (excludes halogenated alkanes) is 1. The van der Waals surface area contributed by atoms with E-state index in [0.717, 1.165) is 36.9 Å². The van der Waals surface area contributed by atoms with E-state index in [1.165, 1.54) is 19.3 Å². The quantitative estimate of drug-likeness (QED) is 0.398. The Balaban J connectivity index is 1.58. The molecule has 2 aromatic heterocycles. The summed E-state index contributed by atoms with van der Waals surface area (Å²) >= 11 is 0. The number of benzene rings is 1. The zero-order chi connectivity index (χ0) is 26.5. The molecule has 7 heteroatoms. The minimum absolute atomic E-state index is 0.00279. The number of fused-ring (bicyclic) bond motifs is 1. The van der Waals surface area contributed by atoms with E-state index in [2.05, 4.69) is 30.3 Å². The minimum Gasteiger partial charge on any atom is -0.497 e. The fraction of sp³-hybridized carbons (Fsp3) is 0.533. The normalized spacial score (nSPS) is 18.4. The lowest BCUT2D eigenvalue weighted by Crippen LogP contribution is -2.44. The van der Waals surface area contributed by atoms with Gasteiger partial charge in [0.15, 0.2) is 0 Å². The first kappa shape index (κ1) is 27.0. The average molecular weight is 507 g/mol. The van der Waals surface area contributed by atoms with Crippen molar-refractivity contribution in [3.63, 3.8) is 0 Å². The van der Waals surface area contributed by atoms with Crippen LogP contribution < -0.4 is 15.6 Å². The van der Waals surface area contributed by atoms with Crippen molar-refractivity contribution >= 4 is 11.4 Å². The molecule has 1 N–H and O–H groups in total. The number of nitrogens with one attached hydrogen (secondary N) is 1. The van der Waals surface area contributed by atoms with Crippen LogP contribution in [0, 0.1) is 0 Å². The molecule has 4 rings (SSSR count). The van der Waals surface area contributed by atoms with Crippen LogP contribution in [0.15, 0.2) is 47.5 Å². The van der Waals surface area contributed by atoms with E-state index in [1.807, 2.05) is 54.8 Å². The maximum atomic E-state index is 13.6. The Labute approximate surface area is 220 Å². The standard InChI is InChI=1S/C30H42N4O3/c1-21(2)31-29(35)20-34-28(25-13-9-14-26(17-25)37-5)19-32-18-24(16-27(32)30(34)36)12-6-7-15-33-22(3)10-8-11-23(33)4/h9,13-14,16-19,21-23H,6-8,10-12,15,20H2,1-5H3,(H,31,35)/t22-,23-/m0/s1. The van der Waals surface area contributed by atoms with Gasteiger partial charge in [0.05, 0.1) is 12.8 Å². The topological polar surface area (TPSA) is 68.0 Å². The molecule has 37 heavy (non-hydrogen) atoms. The second-order valence-electron chi connectivity index (χ2n) is 10.8. The van der Waals surface area contributed by atoms with Crippen molar-refractivity contribution in [1.29, 1.82) is 0 Å². The summed E-state index contributed by atoms with van der Waals surface area (Å²) in [5.74, 6) is 0.521. The smallest absolute Gasteiger partial charge is 0.275 e. The molecule has 0 saturated carbocycles. The lowest BCUT2D eigenvalue weighted by molar-refractivity contribution is -0.122. The van der Waals surface area contributed by atoms with Crippen molar-refractivity contribution in [3.8, 4) is 17.0 Å². The van der Waals surface area contributed by atoms with Crippen LogP contribution in [0.25, 0.3) is 16.8 Å². The highest BCUT2D eigenvalue weighted by molar-refractivity contribution is 5.77. The second kappa shape index (κ2) is 12.0. The maximum absolute atomic E-state index is 13.6. The Kier molecular flexibility index (Phi) is 8.75. The number of aromatic nitrogens is 2. The lowest BCUT2D eigenvalue weighted by Gasteiger charge is -2.39. The molecule has 1 amide bonds. The summed E-state index contributed by atoms with van der Waals surface area (Å²) in [6.07, 6.45) is 11.1. The molecule has 0 radical (unpaired) electrons. The van der Waals surface area contributed by atoms with Gasteiger partial charge in [0.2, 0.25) is 5.91 Å². The van der Waals surface area contributed by atoms with E-state index in [-0.39, 0.29) is 24.1 Å². The summed E-state index contributed by atoms with van der Waals surface area (Å²) in [6, 6.07) is 10.9. The highest BCUT2D eigenvalue weighted by Crippen LogP contribution is 2.25. The fourth-order valence-electron chi connectivity index (χ4n) is 5.62. The van der Waals surface area contributed by atoms with Crippen LogP contribution in [0.5, 0.6) is 5.75 Å². The van der Waals surface area contributed by atoms with Crippen molar-refractivity contribution in [2.75, 3.05) is 13.7 Å². The van der Waals surface area contributed by atoms with E-state index in [0.29, 0.717) is 29.0 Å². The van der Waals surface area contributed by atoms with Crippen LogP contribution in [0.4, 0.5) is 0 Å². The highest BCUT2D eigenvalue weighted by atomic mass is 16.5. The van der Waals surface area contributed by atoms with Crippen LogP contribution >= 0.6 is 0 Å². The Hall–Kier alpha value is -3.06. The lowest BCUT2D eigenvalue weighted by atomic mass is 9.97. The molecule has 0 aliphatic carbocycles. The number of ether oxygens (including phenoxy) is 1. The first-order valence-corrected chi connectivity index (χ1v) is 13.7. The van der Waals surface area contributed by atoms with Crippen LogP contribution in [-0.4, -0.2) is 51.6 Å². The van der Waals surface area contributed by atoms with Gasteiger partial charge in [-0.25, -0.2) is 0 Å². The molecule has 3 heterocycles. The zero-order valence-electron chi connectivity index (χ0n) is 23.0. The van der Waals surface area contributed by atoms with Crippen molar-refractivity contribution < 1.29 is 9.53 Å². The molecule has 7 nitrogen and oxygen atoms in total. The van der Waals surface area contributed by atoms with E-state index in [1.54, 1.807) is 11.7 Å². The summed E-state index contributed by atoms with van der Waals surface area (Å²) in [5.41, 5.74) is 3.10. The highest BCUT2D eigenvalue weighted by Gasteiger charge is 2.23. The summed E-state index contributed by atoms with van der Waals surface area (Å²) in [6.45, 7) is 9.63. The number of methoxy groups -OCH3 is 1. The van der Waals surface area contributed by atoms with E-state index >= 15 is 0 Å². The van der Waals surface area contributed by atoms with Gasteiger partial charge in [-0.05, 0) is 90.1 Å². The number of hydrogen-bond acceptors (Lipinski definition) is 4. The number of carbonyl (C=O) groups is 1. The van der Waals surface area contributed by atoms with Gasteiger partial charge < -0.3 is 14.5 Å². The molecular formula is C30H42N4O3. The molecule has 200 valence electrons. The van der Waals surface area contributed by atoms with E-state index < -0.39 is 0 Å². The Bertz CT molecular complexity index is 1270. The minimum atomic E-state index is -0.182. The van der Waals surface area contributed by atoms with E-state index in [9.17, 15) is 9.59 Å². The Morgan fingerprint density at radius 2 is 1.86 bits per heavy atom. The van der Waals surface area contributed by atoms with Crippen LogP contribution in [-0.2, 0) is 17.8 Å². The predicted molar refractivity (Wildman–Crippen MR) is 149 cm³/mol. The third-order valence-electron chi connectivity index (χ3n) is 7.55. The number of amides is 1. The number of aryl methyl sites for hydroxylation is 1. The van der Waals surface area contributed by atoms with Gasteiger partial charge in [-0.15, -0.1) is 0 Å². The number of likely N-dealkylation sites (tertiary alicyclic amines) is 1. The van der Waals surface area contributed by atoms with Gasteiger partial charge in [0.1, 0.15) is 17.8 Å². The molecule has 1 saturated heterocycles. The molecule has 1 fully saturated rings. The molecule has 1 aliphatic rings. The van der Waals surface area contributed by atoms with Gasteiger partial charge in [-0.1, -0.05) is 18.6 Å². The maximum Gasteiger partial charge on any atom is 0.275 e.